The van der Waals surface area contributed by atoms with Crippen LogP contribution in [0.4, 0.5) is 0 Å². The molecule has 0 aliphatic heterocycles. The van der Waals surface area contributed by atoms with Gasteiger partial charge in [0.05, 0.1) is 0 Å². The van der Waals surface area contributed by atoms with Crippen molar-refractivity contribution in [1.82, 2.24) is 0 Å². The van der Waals surface area contributed by atoms with Crippen molar-refractivity contribution in [2.24, 2.45) is 0 Å². The molecule has 0 unspecified atom stereocenters. The van der Waals surface area contributed by atoms with Crippen LogP contribution in [0.1, 0.15) is 71.1 Å². The van der Waals surface area contributed by atoms with E-state index in [9.17, 15) is 4.79 Å². The molecule has 0 aromatic rings. The van der Waals surface area contributed by atoms with E-state index in [0.717, 1.165) is 25.7 Å². The fourth-order valence-electron chi connectivity index (χ4n) is 2.04. The average Bonchev–Trinajstić information content (AvgIpc) is 2.56. The Labute approximate surface area is 148 Å². The van der Waals surface area contributed by atoms with Crippen LogP contribution in [0.25, 0.3) is 0 Å². The Morgan fingerprint density at radius 1 is 0.667 bits per heavy atom. The summed E-state index contributed by atoms with van der Waals surface area (Å²) in [5.41, 5.74) is 0. The lowest BCUT2D eigenvalue weighted by atomic mass is 10.2. The Balaban J connectivity index is 3.46. The van der Waals surface area contributed by atoms with Crippen LogP contribution >= 0.6 is 0 Å². The van der Waals surface area contributed by atoms with E-state index in [0.29, 0.717) is 6.42 Å². The fraction of sp³-hybridized carbons (Fsp3) is 0.500. The van der Waals surface area contributed by atoms with Gasteiger partial charge in [0, 0.05) is 6.42 Å². The molecule has 0 amide bonds. The van der Waals surface area contributed by atoms with Crippen molar-refractivity contribution in [3.05, 3.63) is 60.8 Å². The number of carboxylic acid groups (broad SMARTS) is 1. The van der Waals surface area contributed by atoms with Crippen molar-refractivity contribution in [3.63, 3.8) is 0 Å². The first kappa shape index (κ1) is 22.2. The summed E-state index contributed by atoms with van der Waals surface area (Å²) in [7, 11) is 0. The van der Waals surface area contributed by atoms with Crippen LogP contribution in [-0.2, 0) is 4.79 Å². The van der Waals surface area contributed by atoms with Gasteiger partial charge in [0.2, 0.25) is 0 Å². The minimum absolute atomic E-state index is 0.213. The maximum atomic E-state index is 10.3. The minimum Gasteiger partial charge on any atom is -0.481 e. The predicted molar refractivity (Wildman–Crippen MR) is 105 cm³/mol. The molecule has 0 aromatic carbocycles. The molecule has 0 atom stereocenters. The topological polar surface area (TPSA) is 37.3 Å². The number of carbonyl (C=O) groups is 1. The summed E-state index contributed by atoms with van der Waals surface area (Å²) < 4.78 is 0. The molecule has 134 valence electrons. The van der Waals surface area contributed by atoms with E-state index in [1.54, 1.807) is 0 Å². The molecular formula is C22H34O2. The van der Waals surface area contributed by atoms with Crippen molar-refractivity contribution in [2.75, 3.05) is 0 Å². The second-order valence-electron chi connectivity index (χ2n) is 5.73. The van der Waals surface area contributed by atoms with Gasteiger partial charge in [0.1, 0.15) is 0 Å². The highest BCUT2D eigenvalue weighted by molar-refractivity contribution is 5.66. The third-order valence-corrected chi connectivity index (χ3v) is 3.42. The van der Waals surface area contributed by atoms with Crippen molar-refractivity contribution in [2.45, 2.75) is 71.1 Å². The molecule has 0 bridgehead atoms. The molecule has 0 spiro atoms. The SMILES string of the molecule is CCCCC/C=C\C/C=C\C/C=C\C/C=C\C/C=C/CCC(=O)O. The zero-order chi connectivity index (χ0) is 17.7. The van der Waals surface area contributed by atoms with Gasteiger partial charge in [-0.2, -0.15) is 0 Å². The molecule has 0 saturated heterocycles. The Hall–Kier alpha value is -1.83. The van der Waals surface area contributed by atoms with Crippen LogP contribution in [0.15, 0.2) is 60.8 Å². The highest BCUT2D eigenvalue weighted by Gasteiger charge is 1.90. The zero-order valence-electron chi connectivity index (χ0n) is 15.2. The average molecular weight is 331 g/mol. The van der Waals surface area contributed by atoms with Gasteiger partial charge in [0.25, 0.3) is 0 Å². The van der Waals surface area contributed by atoms with E-state index in [-0.39, 0.29) is 6.42 Å². The van der Waals surface area contributed by atoms with Crippen molar-refractivity contribution in [3.8, 4) is 0 Å². The number of hydrogen-bond acceptors (Lipinski definition) is 1. The Kier molecular flexibility index (Phi) is 17.8. The van der Waals surface area contributed by atoms with E-state index < -0.39 is 5.97 Å². The number of allylic oxidation sites excluding steroid dienone is 10. The number of aliphatic carboxylic acids is 1. The lowest BCUT2D eigenvalue weighted by molar-refractivity contribution is -0.136. The van der Waals surface area contributed by atoms with E-state index in [1.807, 2.05) is 12.2 Å². The third-order valence-electron chi connectivity index (χ3n) is 3.42. The lowest BCUT2D eigenvalue weighted by Gasteiger charge is -1.90. The van der Waals surface area contributed by atoms with Gasteiger partial charge in [-0.3, -0.25) is 4.79 Å². The molecule has 0 aliphatic carbocycles. The molecular weight excluding hydrogens is 296 g/mol. The van der Waals surface area contributed by atoms with Crippen molar-refractivity contribution < 1.29 is 9.90 Å². The maximum absolute atomic E-state index is 10.3. The monoisotopic (exact) mass is 330 g/mol. The van der Waals surface area contributed by atoms with Gasteiger partial charge in [-0.1, -0.05) is 80.5 Å². The largest absolute Gasteiger partial charge is 0.481 e. The minimum atomic E-state index is -0.739. The Morgan fingerprint density at radius 2 is 1.08 bits per heavy atom. The summed E-state index contributed by atoms with van der Waals surface area (Å²) in [5, 5.41) is 8.49. The standard InChI is InChI=1S/C22H34O2/c1-2-3-4-5-6-7-8-9-10-11-12-13-14-15-16-17-18-19-20-21-22(23)24/h6-7,9-10,12-13,15-16,18-19H,2-5,8,11,14,17,20-21H2,1H3,(H,23,24)/b7-6-,10-9-,13-12-,16-15-,19-18+. The molecule has 0 heterocycles. The zero-order valence-corrected chi connectivity index (χ0v) is 15.2. The number of rotatable bonds is 15. The molecule has 0 saturated carbocycles. The van der Waals surface area contributed by atoms with Crippen LogP contribution in [0.3, 0.4) is 0 Å². The number of hydrogen-bond donors (Lipinski definition) is 1. The Bertz CT molecular complexity index is 425. The van der Waals surface area contributed by atoms with Crippen LogP contribution in [0, 0.1) is 0 Å². The van der Waals surface area contributed by atoms with E-state index in [1.165, 1.54) is 25.7 Å². The molecule has 2 heteroatoms. The van der Waals surface area contributed by atoms with Crippen LogP contribution in [-0.4, -0.2) is 11.1 Å². The molecule has 2 nitrogen and oxygen atoms in total. The molecule has 0 radical (unpaired) electrons. The van der Waals surface area contributed by atoms with Gasteiger partial charge in [0.15, 0.2) is 0 Å². The molecule has 1 N–H and O–H groups in total. The smallest absolute Gasteiger partial charge is 0.303 e. The van der Waals surface area contributed by atoms with Crippen molar-refractivity contribution >= 4 is 5.97 Å². The first-order valence-corrected chi connectivity index (χ1v) is 9.24. The quantitative estimate of drug-likeness (QED) is 0.265. The van der Waals surface area contributed by atoms with Crippen molar-refractivity contribution in [1.29, 1.82) is 0 Å². The Morgan fingerprint density at radius 3 is 1.50 bits per heavy atom. The second-order valence-corrected chi connectivity index (χ2v) is 5.73. The van der Waals surface area contributed by atoms with Gasteiger partial charge in [-0.05, 0) is 44.9 Å². The van der Waals surface area contributed by atoms with E-state index in [2.05, 4.69) is 55.5 Å². The van der Waals surface area contributed by atoms with E-state index in [4.69, 9.17) is 5.11 Å². The van der Waals surface area contributed by atoms with Crippen LogP contribution in [0.2, 0.25) is 0 Å². The predicted octanol–water partition coefficient (Wildman–Crippen LogP) is 6.77. The van der Waals surface area contributed by atoms with Gasteiger partial charge < -0.3 is 5.11 Å². The third kappa shape index (κ3) is 20.2. The highest BCUT2D eigenvalue weighted by atomic mass is 16.4. The highest BCUT2D eigenvalue weighted by Crippen LogP contribution is 2.01. The summed E-state index contributed by atoms with van der Waals surface area (Å²) in [4.78, 5) is 10.3. The van der Waals surface area contributed by atoms with Gasteiger partial charge in [-0.25, -0.2) is 0 Å². The number of unbranched alkanes of at least 4 members (excludes halogenated alkanes) is 3. The fourth-order valence-corrected chi connectivity index (χ4v) is 2.04. The summed E-state index contributed by atoms with van der Waals surface area (Å²) in [6.45, 7) is 2.23. The number of carboxylic acids is 1. The molecule has 0 aromatic heterocycles. The van der Waals surface area contributed by atoms with Gasteiger partial charge >= 0.3 is 5.97 Å². The summed E-state index contributed by atoms with van der Waals surface area (Å²) in [6.07, 6.45) is 31.4. The first-order chi connectivity index (χ1) is 11.8. The lowest BCUT2D eigenvalue weighted by Crippen LogP contribution is -1.91. The van der Waals surface area contributed by atoms with Crippen LogP contribution < -0.4 is 0 Å². The molecule has 0 fully saturated rings. The summed E-state index contributed by atoms with van der Waals surface area (Å²) in [6, 6.07) is 0. The van der Waals surface area contributed by atoms with Gasteiger partial charge in [-0.15, -0.1) is 0 Å². The summed E-state index contributed by atoms with van der Waals surface area (Å²) >= 11 is 0. The molecule has 24 heavy (non-hydrogen) atoms. The van der Waals surface area contributed by atoms with E-state index >= 15 is 0 Å². The summed E-state index contributed by atoms with van der Waals surface area (Å²) in [5.74, 6) is -0.739. The second kappa shape index (κ2) is 19.2. The maximum Gasteiger partial charge on any atom is 0.303 e. The molecule has 0 rings (SSSR count). The molecule has 0 aliphatic rings. The first-order valence-electron chi connectivity index (χ1n) is 9.24. The van der Waals surface area contributed by atoms with Crippen LogP contribution in [0.5, 0.6) is 0 Å². The normalized spacial score (nSPS) is 12.7.